The van der Waals surface area contributed by atoms with E-state index in [0.29, 0.717) is 22.8 Å². The Bertz CT molecular complexity index is 1090. The molecule has 2 aromatic carbocycles. The summed E-state index contributed by atoms with van der Waals surface area (Å²) < 4.78 is 42.8. The third kappa shape index (κ3) is 5.19. The Labute approximate surface area is 174 Å². The molecule has 158 valence electrons. The quantitative estimate of drug-likeness (QED) is 0.541. The molecule has 0 atom stereocenters. The number of hydrogen-bond donors (Lipinski definition) is 2. The number of ether oxygens (including phenoxy) is 2. The smallest absolute Gasteiger partial charge is 0.251 e. The molecule has 0 saturated carbocycles. The normalized spacial score (nSPS) is 11.1. The highest BCUT2D eigenvalue weighted by Crippen LogP contribution is 2.23. The Balaban J connectivity index is 1.64. The average Bonchev–Trinajstić information content (AvgIpc) is 3.30. The van der Waals surface area contributed by atoms with Gasteiger partial charge in [0.1, 0.15) is 17.3 Å². The minimum absolute atomic E-state index is 0.0416. The minimum atomic E-state index is -3.72. The molecule has 0 aliphatic carbocycles. The van der Waals surface area contributed by atoms with Crippen LogP contribution >= 0.6 is 0 Å². The molecule has 3 aromatic rings. The summed E-state index contributed by atoms with van der Waals surface area (Å²) in [5, 5.41) is 2.79. The van der Waals surface area contributed by atoms with Crippen LogP contribution in [0.3, 0.4) is 0 Å². The van der Waals surface area contributed by atoms with Crippen LogP contribution in [0.15, 0.2) is 70.2 Å². The van der Waals surface area contributed by atoms with Gasteiger partial charge < -0.3 is 19.2 Å². The molecule has 3 rings (SSSR count). The first-order chi connectivity index (χ1) is 14.4. The lowest BCUT2D eigenvalue weighted by Crippen LogP contribution is -2.24. The zero-order valence-electron chi connectivity index (χ0n) is 16.5. The first-order valence-corrected chi connectivity index (χ1v) is 10.5. The number of furan rings is 1. The van der Waals surface area contributed by atoms with E-state index in [9.17, 15) is 13.2 Å². The number of methoxy groups -OCH3 is 2. The summed E-state index contributed by atoms with van der Waals surface area (Å²) in [5.74, 6) is 1.44. The van der Waals surface area contributed by atoms with Crippen LogP contribution in [0.2, 0.25) is 0 Å². The molecule has 1 amide bonds. The lowest BCUT2D eigenvalue weighted by atomic mass is 10.1. The Kier molecular flexibility index (Phi) is 6.76. The van der Waals surface area contributed by atoms with Gasteiger partial charge in [0.15, 0.2) is 0 Å². The number of sulfonamides is 1. The summed E-state index contributed by atoms with van der Waals surface area (Å²) in [6.45, 7) is 0.268. The second-order valence-electron chi connectivity index (χ2n) is 6.29. The number of rotatable bonds is 9. The lowest BCUT2D eigenvalue weighted by Gasteiger charge is -2.12. The van der Waals surface area contributed by atoms with Crippen LogP contribution in [0.5, 0.6) is 11.5 Å². The monoisotopic (exact) mass is 430 g/mol. The van der Waals surface area contributed by atoms with E-state index in [0.717, 1.165) is 5.56 Å². The summed E-state index contributed by atoms with van der Waals surface area (Å²) in [6, 6.07) is 14.3. The second kappa shape index (κ2) is 9.47. The molecule has 2 N–H and O–H groups in total. The fourth-order valence-corrected chi connectivity index (χ4v) is 3.74. The molecule has 0 unspecified atom stereocenters. The standard InChI is InChI=1S/C21H22N2O6S/c1-27-17-7-10-20(28-2)16(12-17)13-22-21(24)15-5-8-19(9-6-15)30(25,26)23-14-18-4-3-11-29-18/h3-12,23H,13-14H2,1-2H3,(H,22,24). The Morgan fingerprint density at radius 2 is 1.77 bits per heavy atom. The van der Waals surface area contributed by atoms with Crippen LogP contribution in [-0.4, -0.2) is 28.5 Å². The molecular formula is C21H22N2O6S. The molecular weight excluding hydrogens is 408 g/mol. The van der Waals surface area contributed by atoms with Gasteiger partial charge in [0.25, 0.3) is 5.91 Å². The lowest BCUT2D eigenvalue weighted by molar-refractivity contribution is 0.0950. The number of hydrogen-bond acceptors (Lipinski definition) is 6. The van der Waals surface area contributed by atoms with Crippen LogP contribution in [0.4, 0.5) is 0 Å². The summed E-state index contributed by atoms with van der Waals surface area (Å²) in [5.41, 5.74) is 1.09. The van der Waals surface area contributed by atoms with Crippen molar-refractivity contribution >= 4 is 15.9 Å². The topological polar surface area (TPSA) is 107 Å². The van der Waals surface area contributed by atoms with Crippen molar-refractivity contribution in [3.63, 3.8) is 0 Å². The summed E-state index contributed by atoms with van der Waals surface area (Å²) >= 11 is 0. The highest BCUT2D eigenvalue weighted by atomic mass is 32.2. The average molecular weight is 430 g/mol. The van der Waals surface area contributed by atoms with Crippen molar-refractivity contribution in [2.45, 2.75) is 18.0 Å². The molecule has 1 heterocycles. The van der Waals surface area contributed by atoms with E-state index in [1.165, 1.54) is 30.5 Å². The third-order valence-corrected chi connectivity index (χ3v) is 5.79. The summed E-state index contributed by atoms with van der Waals surface area (Å²) in [6.07, 6.45) is 1.47. The Hall–Kier alpha value is -3.30. The highest BCUT2D eigenvalue weighted by molar-refractivity contribution is 7.89. The van der Waals surface area contributed by atoms with Crippen molar-refractivity contribution in [1.29, 1.82) is 0 Å². The molecule has 0 bridgehead atoms. The van der Waals surface area contributed by atoms with E-state index >= 15 is 0 Å². The van der Waals surface area contributed by atoms with Crippen molar-refractivity contribution in [3.8, 4) is 11.5 Å². The van der Waals surface area contributed by atoms with Gasteiger partial charge in [-0.15, -0.1) is 0 Å². The van der Waals surface area contributed by atoms with Gasteiger partial charge in [0.2, 0.25) is 10.0 Å². The summed E-state index contributed by atoms with van der Waals surface area (Å²) in [4.78, 5) is 12.5. The first-order valence-electron chi connectivity index (χ1n) is 9.04. The zero-order valence-corrected chi connectivity index (χ0v) is 17.4. The Morgan fingerprint density at radius 3 is 2.40 bits per heavy atom. The third-order valence-electron chi connectivity index (χ3n) is 4.37. The van der Waals surface area contributed by atoms with E-state index < -0.39 is 10.0 Å². The minimum Gasteiger partial charge on any atom is -0.497 e. The van der Waals surface area contributed by atoms with E-state index in [2.05, 4.69) is 10.0 Å². The van der Waals surface area contributed by atoms with Gasteiger partial charge >= 0.3 is 0 Å². The van der Waals surface area contributed by atoms with Crippen molar-refractivity contribution in [1.82, 2.24) is 10.0 Å². The van der Waals surface area contributed by atoms with Crippen molar-refractivity contribution in [2.75, 3.05) is 14.2 Å². The fraction of sp³-hybridized carbons (Fsp3) is 0.190. The molecule has 0 spiro atoms. The highest BCUT2D eigenvalue weighted by Gasteiger charge is 2.16. The van der Waals surface area contributed by atoms with E-state index in [-0.39, 0.29) is 23.9 Å². The van der Waals surface area contributed by atoms with Crippen LogP contribution in [0, 0.1) is 0 Å². The molecule has 0 saturated heterocycles. The predicted molar refractivity (Wildman–Crippen MR) is 110 cm³/mol. The molecule has 0 fully saturated rings. The molecule has 0 aliphatic rings. The maximum atomic E-state index is 12.5. The van der Waals surface area contributed by atoms with Crippen molar-refractivity contribution in [2.24, 2.45) is 0 Å². The largest absolute Gasteiger partial charge is 0.497 e. The van der Waals surface area contributed by atoms with E-state index in [1.807, 2.05) is 0 Å². The van der Waals surface area contributed by atoms with Gasteiger partial charge in [-0.2, -0.15) is 0 Å². The number of carbonyl (C=O) groups is 1. The van der Waals surface area contributed by atoms with Gasteiger partial charge in [-0.1, -0.05) is 0 Å². The molecule has 1 aromatic heterocycles. The molecule has 8 nitrogen and oxygen atoms in total. The van der Waals surface area contributed by atoms with Crippen LogP contribution < -0.4 is 19.5 Å². The second-order valence-corrected chi connectivity index (χ2v) is 8.06. The number of nitrogens with one attached hydrogen (secondary N) is 2. The van der Waals surface area contributed by atoms with Crippen LogP contribution in [-0.2, 0) is 23.1 Å². The molecule has 30 heavy (non-hydrogen) atoms. The predicted octanol–water partition coefficient (Wildman–Crippen LogP) is 2.71. The number of carbonyl (C=O) groups excluding carboxylic acids is 1. The Morgan fingerprint density at radius 1 is 1.00 bits per heavy atom. The van der Waals surface area contributed by atoms with Gasteiger partial charge in [0.05, 0.1) is 31.9 Å². The van der Waals surface area contributed by atoms with Gasteiger partial charge in [-0.05, 0) is 54.6 Å². The molecule has 0 aliphatic heterocycles. The van der Waals surface area contributed by atoms with Crippen LogP contribution in [0.25, 0.3) is 0 Å². The number of amides is 1. The fourth-order valence-electron chi connectivity index (χ4n) is 2.75. The summed E-state index contributed by atoms with van der Waals surface area (Å²) in [7, 11) is -0.616. The van der Waals surface area contributed by atoms with E-state index in [4.69, 9.17) is 13.9 Å². The van der Waals surface area contributed by atoms with Crippen molar-refractivity contribution < 1.29 is 27.1 Å². The maximum Gasteiger partial charge on any atom is 0.251 e. The maximum absolute atomic E-state index is 12.5. The van der Waals surface area contributed by atoms with Crippen molar-refractivity contribution in [3.05, 3.63) is 77.7 Å². The number of benzene rings is 2. The van der Waals surface area contributed by atoms with E-state index in [1.54, 1.807) is 44.6 Å². The van der Waals surface area contributed by atoms with Crippen LogP contribution in [0.1, 0.15) is 21.7 Å². The van der Waals surface area contributed by atoms with Gasteiger partial charge in [-0.3, -0.25) is 4.79 Å². The molecule has 9 heteroatoms. The molecule has 0 radical (unpaired) electrons. The zero-order chi connectivity index (χ0) is 21.6. The SMILES string of the molecule is COc1ccc(OC)c(CNC(=O)c2ccc(S(=O)(=O)NCc3ccco3)cc2)c1. The first kappa shape index (κ1) is 21.4. The van der Waals surface area contributed by atoms with Gasteiger partial charge in [-0.25, -0.2) is 13.1 Å². The van der Waals surface area contributed by atoms with Gasteiger partial charge in [0, 0.05) is 17.7 Å².